The molecule has 1 heteroatoms. The predicted molar refractivity (Wildman–Crippen MR) is 68.1 cm³/mol. The summed E-state index contributed by atoms with van der Waals surface area (Å²) in [4.78, 5) is 0. The zero-order chi connectivity index (χ0) is 11.5. The van der Waals surface area contributed by atoms with E-state index in [4.69, 9.17) is 4.74 Å². The van der Waals surface area contributed by atoms with Gasteiger partial charge in [0.05, 0.1) is 7.11 Å². The van der Waals surface area contributed by atoms with Crippen molar-refractivity contribution >= 4 is 0 Å². The van der Waals surface area contributed by atoms with E-state index in [1.807, 2.05) is 0 Å². The van der Waals surface area contributed by atoms with E-state index >= 15 is 0 Å². The summed E-state index contributed by atoms with van der Waals surface area (Å²) >= 11 is 0. The summed E-state index contributed by atoms with van der Waals surface area (Å²) in [6.45, 7) is 4.59. The van der Waals surface area contributed by atoms with E-state index in [9.17, 15) is 0 Å². The molecule has 0 bridgehead atoms. The molecule has 0 N–H and O–H groups in total. The SMILES string of the molecule is COc1cccc(C)c1C1CCCCC1C. The van der Waals surface area contributed by atoms with Crippen LogP contribution in [0.5, 0.6) is 5.75 Å². The molecule has 0 heterocycles. The zero-order valence-electron chi connectivity index (χ0n) is 10.6. The third-order valence-electron chi connectivity index (χ3n) is 3.99. The molecular formula is C15H22O. The molecule has 1 aliphatic rings. The molecule has 0 radical (unpaired) electrons. The molecule has 0 aliphatic heterocycles. The fraction of sp³-hybridized carbons (Fsp3) is 0.600. The lowest BCUT2D eigenvalue weighted by Gasteiger charge is -2.31. The van der Waals surface area contributed by atoms with E-state index in [1.165, 1.54) is 36.8 Å². The standard InChI is InChI=1S/C15H22O/c1-11-7-4-5-9-13(11)15-12(2)8-6-10-14(15)16-3/h6,8,10-11,13H,4-5,7,9H2,1-3H3. The first-order chi connectivity index (χ1) is 7.74. The van der Waals surface area contributed by atoms with Crippen LogP contribution in [0, 0.1) is 12.8 Å². The van der Waals surface area contributed by atoms with Crippen LogP contribution >= 0.6 is 0 Å². The fourth-order valence-electron chi connectivity index (χ4n) is 3.05. The van der Waals surface area contributed by atoms with Gasteiger partial charge >= 0.3 is 0 Å². The Morgan fingerprint density at radius 3 is 2.62 bits per heavy atom. The largest absolute Gasteiger partial charge is 0.496 e. The molecule has 0 amide bonds. The molecule has 1 saturated carbocycles. The van der Waals surface area contributed by atoms with E-state index in [0.29, 0.717) is 5.92 Å². The minimum absolute atomic E-state index is 0.699. The van der Waals surface area contributed by atoms with E-state index in [0.717, 1.165) is 11.7 Å². The normalized spacial score (nSPS) is 25.4. The Hall–Kier alpha value is -0.980. The van der Waals surface area contributed by atoms with Crippen LogP contribution in [-0.4, -0.2) is 7.11 Å². The van der Waals surface area contributed by atoms with Gasteiger partial charge in [-0.15, -0.1) is 0 Å². The smallest absolute Gasteiger partial charge is 0.122 e. The Labute approximate surface area is 98.8 Å². The van der Waals surface area contributed by atoms with Gasteiger partial charge in [-0.05, 0) is 36.8 Å². The summed E-state index contributed by atoms with van der Waals surface area (Å²) in [5.41, 5.74) is 2.84. The van der Waals surface area contributed by atoms with Crippen molar-refractivity contribution in [2.24, 2.45) is 5.92 Å². The summed E-state index contributed by atoms with van der Waals surface area (Å²) in [5.74, 6) is 2.58. The number of rotatable bonds is 2. The van der Waals surface area contributed by atoms with Gasteiger partial charge in [0.2, 0.25) is 0 Å². The summed E-state index contributed by atoms with van der Waals surface area (Å²) in [7, 11) is 1.78. The molecule has 2 rings (SSSR count). The number of aryl methyl sites for hydroxylation is 1. The maximum absolute atomic E-state index is 5.53. The van der Waals surface area contributed by atoms with Crippen molar-refractivity contribution in [1.82, 2.24) is 0 Å². The van der Waals surface area contributed by atoms with E-state index in [2.05, 4.69) is 32.0 Å². The van der Waals surface area contributed by atoms with Crippen LogP contribution in [0.2, 0.25) is 0 Å². The number of benzene rings is 1. The highest BCUT2D eigenvalue weighted by molar-refractivity contribution is 5.42. The van der Waals surface area contributed by atoms with Crippen LogP contribution in [0.1, 0.15) is 49.7 Å². The average Bonchev–Trinajstić information content (AvgIpc) is 2.30. The van der Waals surface area contributed by atoms with Crippen LogP contribution < -0.4 is 4.74 Å². The predicted octanol–water partition coefficient (Wildman–Crippen LogP) is 4.30. The summed E-state index contributed by atoms with van der Waals surface area (Å²) in [6.07, 6.45) is 5.45. The monoisotopic (exact) mass is 218 g/mol. The quantitative estimate of drug-likeness (QED) is 0.719. The van der Waals surface area contributed by atoms with Crippen molar-refractivity contribution < 1.29 is 4.74 Å². The topological polar surface area (TPSA) is 9.23 Å². The van der Waals surface area contributed by atoms with Crippen molar-refractivity contribution in [2.75, 3.05) is 7.11 Å². The van der Waals surface area contributed by atoms with E-state index in [1.54, 1.807) is 7.11 Å². The highest BCUT2D eigenvalue weighted by Crippen LogP contribution is 2.42. The molecule has 16 heavy (non-hydrogen) atoms. The summed E-state index contributed by atoms with van der Waals surface area (Å²) in [5, 5.41) is 0. The first-order valence-electron chi connectivity index (χ1n) is 6.37. The lowest BCUT2D eigenvalue weighted by atomic mass is 9.75. The average molecular weight is 218 g/mol. The zero-order valence-corrected chi connectivity index (χ0v) is 10.6. The van der Waals surface area contributed by atoms with Gasteiger partial charge in [0.1, 0.15) is 5.75 Å². The second-order valence-corrected chi connectivity index (χ2v) is 5.06. The van der Waals surface area contributed by atoms with Crippen molar-refractivity contribution in [2.45, 2.75) is 45.4 Å². The third kappa shape index (κ3) is 2.09. The van der Waals surface area contributed by atoms with Crippen LogP contribution in [0.15, 0.2) is 18.2 Å². The number of ether oxygens (including phenoxy) is 1. The maximum Gasteiger partial charge on any atom is 0.122 e. The first-order valence-corrected chi connectivity index (χ1v) is 6.37. The van der Waals surface area contributed by atoms with Crippen molar-refractivity contribution in [1.29, 1.82) is 0 Å². The molecule has 0 saturated heterocycles. The molecule has 1 aliphatic carbocycles. The second kappa shape index (κ2) is 4.90. The highest BCUT2D eigenvalue weighted by Gasteiger charge is 2.26. The fourth-order valence-corrected chi connectivity index (χ4v) is 3.05. The molecule has 1 nitrogen and oxygen atoms in total. The molecule has 0 spiro atoms. The van der Waals surface area contributed by atoms with Gasteiger partial charge in [0, 0.05) is 5.56 Å². The first kappa shape index (κ1) is 11.5. The molecule has 1 aromatic rings. The molecule has 88 valence electrons. The van der Waals surface area contributed by atoms with Crippen LogP contribution in [-0.2, 0) is 0 Å². The van der Waals surface area contributed by atoms with Crippen molar-refractivity contribution in [3.63, 3.8) is 0 Å². The van der Waals surface area contributed by atoms with E-state index < -0.39 is 0 Å². The molecule has 1 aromatic carbocycles. The molecule has 0 aromatic heterocycles. The van der Waals surface area contributed by atoms with Gasteiger partial charge in [-0.25, -0.2) is 0 Å². The molecule has 2 atom stereocenters. The minimum Gasteiger partial charge on any atom is -0.496 e. The third-order valence-corrected chi connectivity index (χ3v) is 3.99. The molecular weight excluding hydrogens is 196 g/mol. The Kier molecular flexibility index (Phi) is 3.52. The number of hydrogen-bond acceptors (Lipinski definition) is 1. The summed E-state index contributed by atoms with van der Waals surface area (Å²) < 4.78 is 5.53. The lowest BCUT2D eigenvalue weighted by Crippen LogP contribution is -2.16. The minimum atomic E-state index is 0.699. The van der Waals surface area contributed by atoms with Gasteiger partial charge in [0.15, 0.2) is 0 Å². The molecule has 2 unspecified atom stereocenters. The van der Waals surface area contributed by atoms with Crippen molar-refractivity contribution in [3.8, 4) is 5.75 Å². The van der Waals surface area contributed by atoms with Gasteiger partial charge in [0.25, 0.3) is 0 Å². The number of methoxy groups -OCH3 is 1. The van der Waals surface area contributed by atoms with Gasteiger partial charge in [-0.2, -0.15) is 0 Å². The maximum atomic E-state index is 5.53. The second-order valence-electron chi connectivity index (χ2n) is 5.06. The Bertz CT molecular complexity index is 356. The number of hydrogen-bond donors (Lipinski definition) is 0. The Morgan fingerprint density at radius 2 is 1.94 bits per heavy atom. The van der Waals surface area contributed by atoms with Gasteiger partial charge in [-0.1, -0.05) is 38.3 Å². The highest BCUT2D eigenvalue weighted by atomic mass is 16.5. The molecule has 1 fully saturated rings. The van der Waals surface area contributed by atoms with Gasteiger partial charge in [-0.3, -0.25) is 0 Å². The Morgan fingerprint density at radius 1 is 1.19 bits per heavy atom. The van der Waals surface area contributed by atoms with Crippen LogP contribution in [0.3, 0.4) is 0 Å². The van der Waals surface area contributed by atoms with E-state index in [-0.39, 0.29) is 0 Å². The lowest BCUT2D eigenvalue weighted by molar-refractivity contribution is 0.317. The van der Waals surface area contributed by atoms with Crippen LogP contribution in [0.25, 0.3) is 0 Å². The van der Waals surface area contributed by atoms with Crippen LogP contribution in [0.4, 0.5) is 0 Å². The summed E-state index contributed by atoms with van der Waals surface area (Å²) in [6, 6.07) is 6.40. The Balaban J connectivity index is 2.37. The van der Waals surface area contributed by atoms with Gasteiger partial charge < -0.3 is 4.74 Å². The van der Waals surface area contributed by atoms with Crippen molar-refractivity contribution in [3.05, 3.63) is 29.3 Å².